The van der Waals surface area contributed by atoms with Crippen LogP contribution in [0.3, 0.4) is 0 Å². The summed E-state index contributed by atoms with van der Waals surface area (Å²) in [6.07, 6.45) is 0.915. The lowest BCUT2D eigenvalue weighted by Crippen LogP contribution is -2.54. The number of fused-ring (bicyclic) bond motifs is 4. The average Bonchev–Trinajstić information content (AvgIpc) is 3.26. The van der Waals surface area contributed by atoms with Crippen LogP contribution in [-0.2, 0) is 24.7 Å². The SMILES string of the molecule is CC[C@@H](C)N1C(=O)[C@H]2[C@@H](C1=O)[C@]1(N[C@@H]2CCC(N)=O)C(=O)Nc2c(Cl)cccc21. The molecule has 0 bridgehead atoms. The van der Waals surface area contributed by atoms with Crippen molar-refractivity contribution < 1.29 is 19.2 Å². The number of rotatable bonds is 5. The smallest absolute Gasteiger partial charge is 0.250 e. The highest BCUT2D eigenvalue weighted by Gasteiger charge is 2.70. The highest BCUT2D eigenvalue weighted by atomic mass is 35.5. The van der Waals surface area contributed by atoms with Crippen molar-refractivity contribution in [1.82, 2.24) is 10.2 Å². The van der Waals surface area contributed by atoms with Gasteiger partial charge < -0.3 is 11.1 Å². The molecular weight excluding hydrogens is 396 g/mol. The number of hydrogen-bond donors (Lipinski definition) is 3. The lowest BCUT2D eigenvalue weighted by Gasteiger charge is -2.31. The number of hydrogen-bond acceptors (Lipinski definition) is 5. The molecule has 1 aromatic carbocycles. The normalized spacial score (nSPS) is 31.2. The van der Waals surface area contributed by atoms with E-state index in [2.05, 4.69) is 10.6 Å². The molecule has 8 nitrogen and oxygen atoms in total. The molecule has 4 amide bonds. The van der Waals surface area contributed by atoms with Gasteiger partial charge in [0.05, 0.1) is 22.5 Å². The van der Waals surface area contributed by atoms with Crippen LogP contribution in [-0.4, -0.2) is 40.6 Å². The molecule has 5 atom stereocenters. The molecule has 4 rings (SSSR count). The van der Waals surface area contributed by atoms with Crippen molar-refractivity contribution in [2.75, 3.05) is 5.32 Å². The van der Waals surface area contributed by atoms with Crippen molar-refractivity contribution in [3.63, 3.8) is 0 Å². The summed E-state index contributed by atoms with van der Waals surface area (Å²) in [5.74, 6) is -3.24. The molecule has 29 heavy (non-hydrogen) atoms. The first-order valence-corrected chi connectivity index (χ1v) is 10.1. The number of nitrogens with zero attached hydrogens (tertiary/aromatic N) is 1. The number of anilines is 1. The van der Waals surface area contributed by atoms with Crippen molar-refractivity contribution in [3.8, 4) is 0 Å². The molecule has 2 saturated heterocycles. The van der Waals surface area contributed by atoms with Crippen molar-refractivity contribution in [3.05, 3.63) is 28.8 Å². The number of para-hydroxylation sites is 1. The number of nitrogens with two attached hydrogens (primary N) is 1. The van der Waals surface area contributed by atoms with Gasteiger partial charge in [0.15, 0.2) is 0 Å². The number of carbonyl (C=O) groups excluding carboxylic acids is 4. The van der Waals surface area contributed by atoms with Crippen LogP contribution in [0.25, 0.3) is 0 Å². The minimum absolute atomic E-state index is 0.0474. The van der Waals surface area contributed by atoms with Gasteiger partial charge in [0.25, 0.3) is 0 Å². The lowest BCUT2D eigenvalue weighted by molar-refractivity contribution is -0.145. The summed E-state index contributed by atoms with van der Waals surface area (Å²) in [4.78, 5) is 52.6. The van der Waals surface area contributed by atoms with E-state index in [1.807, 2.05) is 13.8 Å². The third-order valence-electron chi connectivity index (χ3n) is 6.47. The van der Waals surface area contributed by atoms with Gasteiger partial charge in [0, 0.05) is 24.1 Å². The molecule has 1 aromatic rings. The zero-order chi connectivity index (χ0) is 21.1. The molecule has 2 fully saturated rings. The summed E-state index contributed by atoms with van der Waals surface area (Å²) in [6, 6.07) is 4.30. The highest BCUT2D eigenvalue weighted by Crippen LogP contribution is 2.54. The van der Waals surface area contributed by atoms with E-state index >= 15 is 0 Å². The van der Waals surface area contributed by atoms with Gasteiger partial charge in [-0.2, -0.15) is 0 Å². The standard InChI is InChI=1S/C20H23ClN4O4/c1-3-9(2)25-17(27)14-12(7-8-13(22)26)24-20(15(14)18(25)28)10-5-4-6-11(21)16(10)23-19(20)29/h4-6,9,12,14-15,24H,3,7-8H2,1-2H3,(H2,22,26)(H,23,29)/t9-,12-,14-,15+,20+/m1/s1. The number of primary amides is 1. The van der Waals surface area contributed by atoms with Gasteiger partial charge >= 0.3 is 0 Å². The van der Waals surface area contributed by atoms with E-state index in [4.69, 9.17) is 17.3 Å². The Hall–Kier alpha value is -2.45. The predicted molar refractivity (Wildman–Crippen MR) is 106 cm³/mol. The van der Waals surface area contributed by atoms with Crippen molar-refractivity contribution in [2.45, 2.75) is 50.7 Å². The first-order chi connectivity index (χ1) is 13.7. The van der Waals surface area contributed by atoms with Crippen LogP contribution in [0, 0.1) is 11.8 Å². The second kappa shape index (κ2) is 6.81. The second-order valence-electron chi connectivity index (χ2n) is 7.99. The molecule has 1 spiro atoms. The molecule has 3 aliphatic heterocycles. The number of amides is 4. The zero-order valence-electron chi connectivity index (χ0n) is 16.2. The van der Waals surface area contributed by atoms with Gasteiger partial charge in [-0.05, 0) is 25.8 Å². The maximum absolute atomic E-state index is 13.4. The first kappa shape index (κ1) is 19.8. The lowest BCUT2D eigenvalue weighted by atomic mass is 9.76. The topological polar surface area (TPSA) is 122 Å². The molecule has 9 heteroatoms. The summed E-state index contributed by atoms with van der Waals surface area (Å²) in [5.41, 5.74) is 4.91. The van der Waals surface area contributed by atoms with E-state index in [0.717, 1.165) is 0 Å². The molecule has 154 valence electrons. The maximum Gasteiger partial charge on any atom is 0.250 e. The van der Waals surface area contributed by atoms with Gasteiger partial charge in [0.2, 0.25) is 23.6 Å². The fourth-order valence-corrected chi connectivity index (χ4v) is 5.20. The number of nitrogens with one attached hydrogen (secondary N) is 2. The minimum Gasteiger partial charge on any atom is -0.370 e. The van der Waals surface area contributed by atoms with Crippen LogP contribution in [0.1, 0.15) is 38.7 Å². The molecular formula is C20H23ClN4O4. The van der Waals surface area contributed by atoms with E-state index in [1.165, 1.54) is 4.90 Å². The second-order valence-corrected chi connectivity index (χ2v) is 8.39. The number of benzene rings is 1. The van der Waals surface area contributed by atoms with Crippen LogP contribution in [0.2, 0.25) is 5.02 Å². The Labute approximate surface area is 173 Å². The Kier molecular flexibility index (Phi) is 4.66. The van der Waals surface area contributed by atoms with Crippen molar-refractivity contribution in [2.24, 2.45) is 17.6 Å². The largest absolute Gasteiger partial charge is 0.370 e. The summed E-state index contributed by atoms with van der Waals surface area (Å²) in [5, 5.41) is 6.39. The number of likely N-dealkylation sites (tertiary alicyclic amines) is 1. The van der Waals surface area contributed by atoms with Crippen LogP contribution in [0.5, 0.6) is 0 Å². The van der Waals surface area contributed by atoms with Crippen LogP contribution >= 0.6 is 11.6 Å². The van der Waals surface area contributed by atoms with E-state index in [-0.39, 0.29) is 30.7 Å². The quantitative estimate of drug-likeness (QED) is 0.618. The van der Waals surface area contributed by atoms with Gasteiger partial charge in [0.1, 0.15) is 5.54 Å². The predicted octanol–water partition coefficient (Wildman–Crippen LogP) is 1.12. The number of halogens is 1. The average molecular weight is 419 g/mol. The molecule has 0 saturated carbocycles. The Bertz CT molecular complexity index is 935. The van der Waals surface area contributed by atoms with Gasteiger partial charge in [-0.15, -0.1) is 0 Å². The van der Waals surface area contributed by atoms with E-state index in [0.29, 0.717) is 22.7 Å². The monoisotopic (exact) mass is 418 g/mol. The Morgan fingerprint density at radius 1 is 1.31 bits per heavy atom. The van der Waals surface area contributed by atoms with Crippen molar-refractivity contribution >= 4 is 40.9 Å². The number of carbonyl (C=O) groups is 4. The maximum atomic E-state index is 13.4. The van der Waals surface area contributed by atoms with Crippen LogP contribution in [0.4, 0.5) is 5.69 Å². The number of imide groups is 1. The fourth-order valence-electron chi connectivity index (χ4n) is 4.98. The third-order valence-corrected chi connectivity index (χ3v) is 6.78. The Balaban J connectivity index is 1.86. The highest BCUT2D eigenvalue weighted by molar-refractivity contribution is 6.35. The third kappa shape index (κ3) is 2.62. The summed E-state index contributed by atoms with van der Waals surface area (Å²) in [6.45, 7) is 3.71. The van der Waals surface area contributed by atoms with Crippen LogP contribution < -0.4 is 16.4 Å². The molecule has 0 unspecified atom stereocenters. The molecule has 3 aliphatic rings. The van der Waals surface area contributed by atoms with E-state index in [1.54, 1.807) is 18.2 Å². The van der Waals surface area contributed by atoms with E-state index < -0.39 is 35.2 Å². The van der Waals surface area contributed by atoms with Gasteiger partial charge in [-0.3, -0.25) is 29.4 Å². The summed E-state index contributed by atoms with van der Waals surface area (Å²) < 4.78 is 0. The molecule has 0 radical (unpaired) electrons. The van der Waals surface area contributed by atoms with Gasteiger partial charge in [-0.25, -0.2) is 0 Å². The molecule has 4 N–H and O–H groups in total. The first-order valence-electron chi connectivity index (χ1n) is 9.77. The fraction of sp³-hybridized carbons (Fsp3) is 0.500. The molecule has 0 aromatic heterocycles. The van der Waals surface area contributed by atoms with Crippen LogP contribution in [0.15, 0.2) is 18.2 Å². The minimum atomic E-state index is -1.40. The summed E-state index contributed by atoms with van der Waals surface area (Å²) >= 11 is 6.28. The zero-order valence-corrected chi connectivity index (χ0v) is 17.0. The van der Waals surface area contributed by atoms with E-state index in [9.17, 15) is 19.2 Å². The van der Waals surface area contributed by atoms with Gasteiger partial charge in [-0.1, -0.05) is 30.7 Å². The molecule has 0 aliphatic carbocycles. The van der Waals surface area contributed by atoms with Crippen molar-refractivity contribution in [1.29, 1.82) is 0 Å². The Morgan fingerprint density at radius 2 is 2.03 bits per heavy atom. The molecule has 3 heterocycles. The summed E-state index contributed by atoms with van der Waals surface area (Å²) in [7, 11) is 0. The Morgan fingerprint density at radius 3 is 2.69 bits per heavy atom.